The number of anilines is 2. The Labute approximate surface area is 152 Å². The lowest BCUT2D eigenvalue weighted by Gasteiger charge is -2.14. The van der Waals surface area contributed by atoms with Crippen LogP contribution in [0.1, 0.15) is 26.3 Å². The molecule has 27 heavy (non-hydrogen) atoms. The molecule has 0 unspecified atom stereocenters. The van der Waals surface area contributed by atoms with Crippen molar-refractivity contribution in [1.82, 2.24) is 14.6 Å². The van der Waals surface area contributed by atoms with Gasteiger partial charge >= 0.3 is 6.18 Å². The van der Waals surface area contributed by atoms with Crippen LogP contribution in [0.5, 0.6) is 0 Å². The van der Waals surface area contributed by atoms with E-state index in [9.17, 15) is 23.2 Å². The second-order valence-electron chi connectivity index (χ2n) is 5.84. The highest BCUT2D eigenvalue weighted by molar-refractivity contribution is 6.04. The molecule has 0 atom stereocenters. The molecule has 11 heteroatoms. The summed E-state index contributed by atoms with van der Waals surface area (Å²) in [7, 11) is 0. The fourth-order valence-corrected chi connectivity index (χ4v) is 2.23. The summed E-state index contributed by atoms with van der Waals surface area (Å²) in [6, 6.07) is 1.60. The van der Waals surface area contributed by atoms with Gasteiger partial charge in [0, 0.05) is 6.04 Å². The first-order valence-electron chi connectivity index (χ1n) is 7.99. The third-order valence-corrected chi connectivity index (χ3v) is 3.28. The predicted molar refractivity (Wildman–Crippen MR) is 93.6 cm³/mol. The molecule has 0 aliphatic rings. The molecule has 0 saturated carbocycles. The zero-order valence-electron chi connectivity index (χ0n) is 14.8. The van der Waals surface area contributed by atoms with Crippen molar-refractivity contribution in [1.29, 1.82) is 0 Å². The fraction of sp³-hybridized carbons (Fsp3) is 0.312. The van der Waals surface area contributed by atoms with E-state index >= 15 is 0 Å². The third-order valence-electron chi connectivity index (χ3n) is 3.28. The molecule has 2 aromatic rings. The Hall–Kier alpha value is -2.92. The summed E-state index contributed by atoms with van der Waals surface area (Å²) < 4.78 is 40.5. The molecule has 0 fully saturated rings. The number of fused-ring (bicyclic) bond motifs is 1. The zero-order valence-corrected chi connectivity index (χ0v) is 14.8. The van der Waals surface area contributed by atoms with Gasteiger partial charge in [0.2, 0.25) is 5.95 Å². The van der Waals surface area contributed by atoms with Crippen molar-refractivity contribution in [2.45, 2.75) is 33.0 Å². The number of nitrogens with two attached hydrogens (primary N) is 1. The van der Waals surface area contributed by atoms with Crippen LogP contribution >= 0.6 is 0 Å². The van der Waals surface area contributed by atoms with Gasteiger partial charge < -0.3 is 16.0 Å². The number of carbonyl (C=O) groups excluding carboxylic acids is 1. The van der Waals surface area contributed by atoms with Gasteiger partial charge in [0.1, 0.15) is 12.0 Å². The first-order chi connectivity index (χ1) is 12.7. The van der Waals surface area contributed by atoms with E-state index in [1.807, 2.05) is 0 Å². The minimum absolute atomic E-state index is 0.0582. The van der Waals surface area contributed by atoms with E-state index in [2.05, 4.69) is 20.7 Å². The number of halogens is 3. The van der Waals surface area contributed by atoms with Gasteiger partial charge in [-0.15, -0.1) is 5.10 Å². The highest BCUT2D eigenvalue weighted by Gasteiger charge is 2.32. The Kier molecular flexibility index (Phi) is 6.18. The quantitative estimate of drug-likeness (QED) is 0.401. The van der Waals surface area contributed by atoms with Gasteiger partial charge in [0.05, 0.1) is 11.1 Å². The molecule has 0 aliphatic heterocycles. The van der Waals surface area contributed by atoms with Crippen molar-refractivity contribution in [3.63, 3.8) is 0 Å². The summed E-state index contributed by atoms with van der Waals surface area (Å²) in [4.78, 5) is 16.1. The van der Waals surface area contributed by atoms with Crippen molar-refractivity contribution < 1.29 is 23.4 Å². The number of aromatic nitrogens is 3. The van der Waals surface area contributed by atoms with E-state index in [0.717, 1.165) is 18.3 Å². The number of nitrogens with one attached hydrogen (secondary N) is 2. The van der Waals surface area contributed by atoms with Gasteiger partial charge in [0.25, 0.3) is 5.91 Å². The Balaban J connectivity index is 2.45. The van der Waals surface area contributed by atoms with Gasteiger partial charge in [-0.25, -0.2) is 0 Å². The van der Waals surface area contributed by atoms with Gasteiger partial charge in [-0.05, 0) is 39.0 Å². The molecule has 0 aromatic carbocycles. The lowest BCUT2D eigenvalue weighted by atomic mass is 10.2. The summed E-state index contributed by atoms with van der Waals surface area (Å²) in [6.07, 6.45) is -0.533. The van der Waals surface area contributed by atoms with Gasteiger partial charge in [-0.2, -0.15) is 22.7 Å². The number of quaternary nitrogens is 1. The van der Waals surface area contributed by atoms with Crippen molar-refractivity contribution in [3.05, 3.63) is 46.8 Å². The standard InChI is InChI=1S/C16H19F3N6O2/c1-4-5-10(8-20-27)14(26)23-15-22-13-7-11(16(17,18)19)6-12(21-9(2)3)25(13)24-15/h4-9,21H,20H2,1-3H3,(H,23,24,26)/b5-4-,10-8+. The fourth-order valence-electron chi connectivity index (χ4n) is 2.23. The van der Waals surface area contributed by atoms with Crippen LogP contribution in [-0.4, -0.2) is 26.5 Å². The molecule has 146 valence electrons. The van der Waals surface area contributed by atoms with E-state index in [4.69, 9.17) is 0 Å². The second-order valence-corrected chi connectivity index (χ2v) is 5.84. The van der Waals surface area contributed by atoms with Crippen LogP contribution in [0.4, 0.5) is 24.9 Å². The van der Waals surface area contributed by atoms with Crippen LogP contribution in [0.3, 0.4) is 0 Å². The first-order valence-corrected chi connectivity index (χ1v) is 7.99. The summed E-state index contributed by atoms with van der Waals surface area (Å²) in [5, 5.41) is 19.9. The average Bonchev–Trinajstić information content (AvgIpc) is 2.96. The van der Waals surface area contributed by atoms with Gasteiger partial charge in [-0.3, -0.25) is 10.1 Å². The molecule has 2 heterocycles. The van der Waals surface area contributed by atoms with Crippen molar-refractivity contribution in [3.8, 4) is 0 Å². The minimum atomic E-state index is -4.56. The Bertz CT molecular complexity index is 886. The third kappa shape index (κ3) is 5.05. The number of allylic oxidation sites excluding steroid dienone is 1. The molecule has 2 rings (SSSR count). The summed E-state index contributed by atoms with van der Waals surface area (Å²) in [6.45, 7) is 5.19. The molecule has 0 saturated heterocycles. The van der Waals surface area contributed by atoms with Crippen molar-refractivity contribution in [2.75, 3.05) is 10.6 Å². The minimum Gasteiger partial charge on any atom is -0.631 e. The maximum Gasteiger partial charge on any atom is 0.416 e. The highest BCUT2D eigenvalue weighted by Crippen LogP contribution is 2.32. The number of carbonyl (C=O) groups is 1. The molecular formula is C16H19F3N6O2. The average molecular weight is 384 g/mol. The second kappa shape index (κ2) is 8.18. The number of amides is 1. The SMILES string of the molecule is C/C=C\C(=C/[NH2+][O-])C(=O)Nc1nc2cc(C(F)(F)F)cc(NC(C)C)n2n1. The molecule has 0 radical (unpaired) electrons. The van der Waals surface area contributed by atoms with Crippen LogP contribution in [-0.2, 0) is 11.0 Å². The smallest absolute Gasteiger partial charge is 0.416 e. The number of hydroxylamine groups is 1. The van der Waals surface area contributed by atoms with Crippen LogP contribution < -0.4 is 16.1 Å². The lowest BCUT2D eigenvalue weighted by Crippen LogP contribution is -2.70. The van der Waals surface area contributed by atoms with E-state index in [-0.39, 0.29) is 29.0 Å². The molecular weight excluding hydrogens is 365 g/mol. The van der Waals surface area contributed by atoms with E-state index < -0.39 is 17.6 Å². The highest BCUT2D eigenvalue weighted by atomic mass is 19.4. The number of pyridine rings is 1. The van der Waals surface area contributed by atoms with Crippen molar-refractivity contribution >= 4 is 23.3 Å². The van der Waals surface area contributed by atoms with Crippen LogP contribution in [0.25, 0.3) is 5.65 Å². The molecule has 8 nitrogen and oxygen atoms in total. The Morgan fingerprint density at radius 3 is 2.63 bits per heavy atom. The number of nitrogens with zero attached hydrogens (tertiary/aromatic N) is 3. The molecule has 0 aliphatic carbocycles. The number of hydrogen-bond donors (Lipinski definition) is 3. The topological polar surface area (TPSA) is 111 Å². The number of alkyl halides is 3. The number of rotatable bonds is 6. The summed E-state index contributed by atoms with van der Waals surface area (Å²) in [5.41, 5.74) is -0.469. The molecule has 0 bridgehead atoms. The summed E-state index contributed by atoms with van der Waals surface area (Å²) in [5.74, 6) is -0.766. The van der Waals surface area contributed by atoms with Gasteiger partial charge in [-0.1, -0.05) is 6.08 Å². The first kappa shape index (κ1) is 20.4. The van der Waals surface area contributed by atoms with E-state index in [0.29, 0.717) is 5.48 Å². The molecule has 1 amide bonds. The Morgan fingerprint density at radius 2 is 2.07 bits per heavy atom. The van der Waals surface area contributed by atoms with Crippen molar-refractivity contribution in [2.24, 2.45) is 0 Å². The van der Waals surface area contributed by atoms with Gasteiger partial charge in [0.15, 0.2) is 5.65 Å². The van der Waals surface area contributed by atoms with Crippen LogP contribution in [0, 0.1) is 5.21 Å². The summed E-state index contributed by atoms with van der Waals surface area (Å²) >= 11 is 0. The van der Waals surface area contributed by atoms with Crippen LogP contribution in [0.15, 0.2) is 36.1 Å². The molecule has 0 spiro atoms. The maximum atomic E-state index is 13.1. The largest absolute Gasteiger partial charge is 0.631 e. The predicted octanol–water partition coefficient (Wildman–Crippen LogP) is 2.03. The van der Waals surface area contributed by atoms with E-state index in [1.54, 1.807) is 26.8 Å². The Morgan fingerprint density at radius 1 is 1.37 bits per heavy atom. The normalized spacial score (nSPS) is 13.0. The zero-order chi connectivity index (χ0) is 20.2. The number of hydrogen-bond acceptors (Lipinski definition) is 5. The lowest BCUT2D eigenvalue weighted by molar-refractivity contribution is -0.515. The monoisotopic (exact) mass is 384 g/mol. The van der Waals surface area contributed by atoms with E-state index in [1.165, 1.54) is 10.6 Å². The molecule has 4 N–H and O–H groups in total. The van der Waals surface area contributed by atoms with Crippen LogP contribution in [0.2, 0.25) is 0 Å². The maximum absolute atomic E-state index is 13.1. The molecule has 2 aromatic heterocycles.